The lowest BCUT2D eigenvalue weighted by Gasteiger charge is -2.34. The molecule has 2 amide bonds. The average molecular weight is 350 g/mol. The van der Waals surface area contributed by atoms with Gasteiger partial charge in [0.2, 0.25) is 0 Å². The Morgan fingerprint density at radius 3 is 2.56 bits per heavy atom. The molecule has 2 atom stereocenters. The van der Waals surface area contributed by atoms with Crippen LogP contribution in [0.15, 0.2) is 24.3 Å². The zero-order valence-electron chi connectivity index (χ0n) is 14.5. The van der Waals surface area contributed by atoms with Gasteiger partial charge >= 0.3 is 5.97 Å². The summed E-state index contributed by atoms with van der Waals surface area (Å²) in [5.74, 6) is -1.21. The van der Waals surface area contributed by atoms with Gasteiger partial charge in [-0.3, -0.25) is 14.4 Å². The lowest BCUT2D eigenvalue weighted by atomic mass is 9.92. The van der Waals surface area contributed by atoms with E-state index in [1.807, 2.05) is 0 Å². The monoisotopic (exact) mass is 350 g/mol. The highest BCUT2D eigenvalue weighted by atomic mass is 19.1. The van der Waals surface area contributed by atoms with Crippen molar-refractivity contribution in [3.63, 3.8) is 0 Å². The Labute approximate surface area is 146 Å². The molecule has 1 fully saturated rings. The molecule has 1 saturated heterocycles. The summed E-state index contributed by atoms with van der Waals surface area (Å²) >= 11 is 0. The molecule has 1 aromatic carbocycles. The van der Waals surface area contributed by atoms with Crippen molar-refractivity contribution in [3.8, 4) is 0 Å². The summed E-state index contributed by atoms with van der Waals surface area (Å²) in [5, 5.41) is 2.34. The Kier molecular flexibility index (Phi) is 6.50. The molecule has 6 nitrogen and oxygen atoms in total. The number of likely N-dealkylation sites (tertiary alicyclic amines) is 1. The molecular weight excluding hydrogens is 327 g/mol. The van der Waals surface area contributed by atoms with Gasteiger partial charge in [0.05, 0.1) is 0 Å². The molecule has 0 spiro atoms. The number of carbonyl (C=O) groups is 3. The number of carbonyl (C=O) groups excluding carboxylic acids is 3. The maximum absolute atomic E-state index is 13.1. The Hall–Kier alpha value is -2.44. The van der Waals surface area contributed by atoms with E-state index in [1.54, 1.807) is 4.90 Å². The molecular formula is C18H23FN2O4. The molecule has 1 N–H and O–H groups in total. The highest BCUT2D eigenvalue weighted by Crippen LogP contribution is 2.20. The molecule has 0 aromatic heterocycles. The Morgan fingerprint density at radius 1 is 1.24 bits per heavy atom. The van der Waals surface area contributed by atoms with Crippen LogP contribution in [-0.4, -0.2) is 48.9 Å². The van der Waals surface area contributed by atoms with E-state index in [4.69, 9.17) is 4.74 Å². The van der Waals surface area contributed by atoms with Gasteiger partial charge in [0, 0.05) is 18.7 Å². The fourth-order valence-electron chi connectivity index (χ4n) is 3.04. The van der Waals surface area contributed by atoms with Crippen molar-refractivity contribution in [2.75, 3.05) is 26.2 Å². The quantitative estimate of drug-likeness (QED) is 0.819. The third-order valence-corrected chi connectivity index (χ3v) is 4.06. The fraction of sp³-hybridized carbons (Fsp3) is 0.500. The van der Waals surface area contributed by atoms with Gasteiger partial charge in [-0.25, -0.2) is 4.39 Å². The highest BCUT2D eigenvalue weighted by molar-refractivity contribution is 5.96. The molecule has 1 aromatic rings. The maximum atomic E-state index is 13.1. The van der Waals surface area contributed by atoms with Crippen molar-refractivity contribution in [1.29, 1.82) is 0 Å². The van der Waals surface area contributed by atoms with Crippen LogP contribution in [-0.2, 0) is 14.3 Å². The standard InChI is InChI=1S/C18H23FN2O4/c1-12-6-13(2)10-21(9-12)16(22)11-25-17(23)8-20-18(24)14-4-3-5-15(19)7-14/h3-5,7,12-13H,6,8-11H2,1-2H3,(H,20,24)/t12-,13+. The number of benzene rings is 1. The van der Waals surface area contributed by atoms with Gasteiger partial charge in [-0.15, -0.1) is 0 Å². The highest BCUT2D eigenvalue weighted by Gasteiger charge is 2.25. The smallest absolute Gasteiger partial charge is 0.325 e. The SMILES string of the molecule is C[C@@H]1C[C@H](C)CN(C(=O)COC(=O)CNC(=O)c2cccc(F)c2)C1. The third-order valence-electron chi connectivity index (χ3n) is 4.06. The zero-order valence-corrected chi connectivity index (χ0v) is 14.5. The third kappa shape index (κ3) is 5.85. The summed E-state index contributed by atoms with van der Waals surface area (Å²) in [5.41, 5.74) is 0.111. The van der Waals surface area contributed by atoms with Crippen LogP contribution in [0.5, 0.6) is 0 Å². The average Bonchev–Trinajstić information content (AvgIpc) is 2.56. The van der Waals surface area contributed by atoms with E-state index in [2.05, 4.69) is 19.2 Å². The molecule has 136 valence electrons. The molecule has 0 saturated carbocycles. The second kappa shape index (κ2) is 8.60. The number of rotatable bonds is 5. The minimum atomic E-state index is -0.712. The first-order chi connectivity index (χ1) is 11.8. The summed E-state index contributed by atoms with van der Waals surface area (Å²) in [6.07, 6.45) is 1.08. The van der Waals surface area contributed by atoms with Crippen LogP contribution in [0.2, 0.25) is 0 Å². The van der Waals surface area contributed by atoms with Crippen LogP contribution in [0.1, 0.15) is 30.6 Å². The van der Waals surface area contributed by atoms with E-state index in [1.165, 1.54) is 18.2 Å². The first-order valence-electron chi connectivity index (χ1n) is 8.32. The van der Waals surface area contributed by atoms with Crippen LogP contribution in [0.25, 0.3) is 0 Å². The van der Waals surface area contributed by atoms with E-state index >= 15 is 0 Å². The van der Waals surface area contributed by atoms with Gasteiger partial charge in [-0.1, -0.05) is 19.9 Å². The van der Waals surface area contributed by atoms with E-state index in [9.17, 15) is 18.8 Å². The van der Waals surface area contributed by atoms with Crippen LogP contribution >= 0.6 is 0 Å². The van der Waals surface area contributed by atoms with Gasteiger partial charge in [-0.2, -0.15) is 0 Å². The first kappa shape index (κ1) is 18.9. The van der Waals surface area contributed by atoms with Crippen molar-refractivity contribution in [1.82, 2.24) is 10.2 Å². The number of esters is 1. The minimum absolute atomic E-state index is 0.111. The molecule has 1 aliphatic heterocycles. The van der Waals surface area contributed by atoms with Crippen LogP contribution in [0, 0.1) is 17.7 Å². The summed E-state index contributed by atoms with van der Waals surface area (Å²) in [6.45, 7) is 4.78. The predicted octanol–water partition coefficient (Wildman–Crippen LogP) is 1.60. The summed E-state index contributed by atoms with van der Waals surface area (Å²) < 4.78 is 18.0. The lowest BCUT2D eigenvalue weighted by Crippen LogP contribution is -2.44. The number of nitrogens with zero attached hydrogens (tertiary/aromatic N) is 1. The van der Waals surface area contributed by atoms with Gasteiger partial charge in [0.15, 0.2) is 6.61 Å². The Morgan fingerprint density at radius 2 is 1.92 bits per heavy atom. The zero-order chi connectivity index (χ0) is 18.4. The summed E-state index contributed by atoms with van der Waals surface area (Å²) in [6, 6.07) is 5.13. The molecule has 25 heavy (non-hydrogen) atoms. The maximum Gasteiger partial charge on any atom is 0.325 e. The topological polar surface area (TPSA) is 75.7 Å². The number of amides is 2. The minimum Gasteiger partial charge on any atom is -0.454 e. The summed E-state index contributed by atoms with van der Waals surface area (Å²) in [7, 11) is 0. The lowest BCUT2D eigenvalue weighted by molar-refractivity contribution is -0.152. The number of piperidine rings is 1. The van der Waals surface area contributed by atoms with E-state index in [-0.39, 0.29) is 24.6 Å². The number of hydrogen-bond acceptors (Lipinski definition) is 4. The number of ether oxygens (including phenoxy) is 1. The fourth-order valence-corrected chi connectivity index (χ4v) is 3.04. The molecule has 1 heterocycles. The van der Waals surface area contributed by atoms with Crippen molar-refractivity contribution >= 4 is 17.8 Å². The molecule has 1 aliphatic rings. The normalized spacial score (nSPS) is 20.0. The molecule has 0 unspecified atom stereocenters. The van der Waals surface area contributed by atoms with Gasteiger partial charge in [0.1, 0.15) is 12.4 Å². The van der Waals surface area contributed by atoms with Crippen LogP contribution in [0.3, 0.4) is 0 Å². The van der Waals surface area contributed by atoms with E-state index in [0.717, 1.165) is 12.5 Å². The van der Waals surface area contributed by atoms with E-state index in [0.29, 0.717) is 24.9 Å². The predicted molar refractivity (Wildman–Crippen MR) is 89.2 cm³/mol. The summed E-state index contributed by atoms with van der Waals surface area (Å²) in [4.78, 5) is 37.3. The number of halogens is 1. The van der Waals surface area contributed by atoms with Crippen molar-refractivity contribution in [3.05, 3.63) is 35.6 Å². The Balaban J connectivity index is 1.73. The molecule has 2 rings (SSSR count). The van der Waals surface area contributed by atoms with Gasteiger partial charge in [0.25, 0.3) is 11.8 Å². The van der Waals surface area contributed by atoms with Crippen molar-refractivity contribution in [2.45, 2.75) is 20.3 Å². The van der Waals surface area contributed by atoms with E-state index < -0.39 is 17.7 Å². The second-order valence-corrected chi connectivity index (χ2v) is 6.60. The second-order valence-electron chi connectivity index (χ2n) is 6.60. The van der Waals surface area contributed by atoms with Gasteiger partial charge in [-0.05, 0) is 36.5 Å². The largest absolute Gasteiger partial charge is 0.454 e. The molecule has 0 aliphatic carbocycles. The molecule has 0 radical (unpaired) electrons. The Bertz CT molecular complexity index is 640. The van der Waals surface area contributed by atoms with Gasteiger partial charge < -0.3 is 15.0 Å². The molecule has 7 heteroatoms. The number of hydrogen-bond donors (Lipinski definition) is 1. The van der Waals surface area contributed by atoms with Crippen molar-refractivity contribution in [2.24, 2.45) is 11.8 Å². The van der Waals surface area contributed by atoms with Crippen LogP contribution in [0.4, 0.5) is 4.39 Å². The first-order valence-corrected chi connectivity index (χ1v) is 8.32. The van der Waals surface area contributed by atoms with Crippen molar-refractivity contribution < 1.29 is 23.5 Å². The number of nitrogens with one attached hydrogen (secondary N) is 1. The van der Waals surface area contributed by atoms with Crippen LogP contribution < -0.4 is 5.32 Å². The molecule has 0 bridgehead atoms.